The van der Waals surface area contributed by atoms with Gasteiger partial charge in [0.15, 0.2) is 5.92 Å². The molecule has 0 aromatic rings. The van der Waals surface area contributed by atoms with E-state index in [0.717, 1.165) is 6.07 Å². The molecule has 1 nitrogen and oxygen atoms in total. The van der Waals surface area contributed by atoms with E-state index in [-0.39, 0.29) is 0 Å². The minimum atomic E-state index is -5.42. The lowest BCUT2D eigenvalue weighted by molar-refractivity contribution is -0.292. The Morgan fingerprint density at radius 2 is 1.31 bits per heavy atom. The van der Waals surface area contributed by atoms with E-state index in [1.807, 2.05) is 0 Å². The molecule has 0 aromatic carbocycles. The maximum atomic E-state index is 11.8. The monoisotopic (exact) mass is 205 g/mol. The van der Waals surface area contributed by atoms with Crippen molar-refractivity contribution in [3.05, 3.63) is 0 Å². The summed E-state index contributed by atoms with van der Waals surface area (Å²) in [4.78, 5) is 0. The summed E-state index contributed by atoms with van der Waals surface area (Å²) in [5.74, 6) is -5.69. The molecule has 0 aliphatic heterocycles. The molecule has 7 heteroatoms. The Morgan fingerprint density at radius 3 is 1.38 bits per heavy atom. The third kappa shape index (κ3) is 3.13. The van der Waals surface area contributed by atoms with Crippen LogP contribution in [0.3, 0.4) is 0 Å². The van der Waals surface area contributed by atoms with Gasteiger partial charge >= 0.3 is 12.4 Å². The van der Waals surface area contributed by atoms with Crippen molar-refractivity contribution in [3.8, 4) is 6.07 Å². The smallest absolute Gasteiger partial charge is 0.198 e. The molecular weight excluding hydrogens is 200 g/mol. The van der Waals surface area contributed by atoms with Gasteiger partial charge in [-0.1, -0.05) is 0 Å². The van der Waals surface area contributed by atoms with Gasteiger partial charge in [0.2, 0.25) is 0 Å². The van der Waals surface area contributed by atoms with Crippen molar-refractivity contribution in [3.63, 3.8) is 0 Å². The van der Waals surface area contributed by atoms with Gasteiger partial charge in [-0.05, 0) is 6.92 Å². The maximum Gasteiger partial charge on any atom is 0.401 e. The minimum absolute atomic E-state index is 0.589. The predicted octanol–water partition coefficient (Wildman–Crippen LogP) is 2.89. The first-order valence-corrected chi connectivity index (χ1v) is 3.13. The van der Waals surface area contributed by atoms with Crippen molar-refractivity contribution in [2.45, 2.75) is 19.3 Å². The van der Waals surface area contributed by atoms with Crippen LogP contribution in [0.2, 0.25) is 0 Å². The number of alkyl halides is 6. The van der Waals surface area contributed by atoms with Crippen LogP contribution in [0.25, 0.3) is 0 Å². The van der Waals surface area contributed by atoms with Crippen molar-refractivity contribution >= 4 is 0 Å². The van der Waals surface area contributed by atoms with Crippen LogP contribution in [0.1, 0.15) is 6.92 Å². The van der Waals surface area contributed by atoms with Gasteiger partial charge in [0.25, 0.3) is 0 Å². The van der Waals surface area contributed by atoms with Gasteiger partial charge in [-0.2, -0.15) is 31.6 Å². The fraction of sp³-hybridized carbons (Fsp3) is 0.833. The number of rotatable bonds is 1. The Morgan fingerprint density at radius 1 is 1.00 bits per heavy atom. The molecule has 0 fully saturated rings. The molecule has 1 atom stereocenters. The second-order valence-electron chi connectivity index (χ2n) is 2.48. The molecule has 0 heterocycles. The average Bonchev–Trinajstić information content (AvgIpc) is 1.80. The van der Waals surface area contributed by atoms with Crippen LogP contribution in [0.4, 0.5) is 26.3 Å². The third-order valence-corrected chi connectivity index (χ3v) is 1.41. The summed E-state index contributed by atoms with van der Waals surface area (Å²) >= 11 is 0. The first kappa shape index (κ1) is 12.1. The van der Waals surface area contributed by atoms with Gasteiger partial charge in [-0.25, -0.2) is 0 Å². The van der Waals surface area contributed by atoms with Crippen molar-refractivity contribution in [2.75, 3.05) is 0 Å². The van der Waals surface area contributed by atoms with E-state index in [2.05, 4.69) is 0 Å². The molecule has 0 spiro atoms. The van der Waals surface area contributed by atoms with Gasteiger partial charge in [-0.15, -0.1) is 0 Å². The number of hydrogen-bond acceptors (Lipinski definition) is 1. The Kier molecular flexibility index (Phi) is 3.19. The predicted molar refractivity (Wildman–Crippen MR) is 30.4 cm³/mol. The average molecular weight is 205 g/mol. The highest BCUT2D eigenvalue weighted by Crippen LogP contribution is 2.43. The zero-order valence-electron chi connectivity index (χ0n) is 6.37. The molecule has 76 valence electrons. The molecule has 0 bridgehead atoms. The van der Waals surface area contributed by atoms with Crippen LogP contribution in [-0.4, -0.2) is 12.4 Å². The summed E-state index contributed by atoms with van der Waals surface area (Å²) in [5, 5.41) is 7.98. The summed E-state index contributed by atoms with van der Waals surface area (Å²) in [7, 11) is 0. The number of hydrogen-bond donors (Lipinski definition) is 0. The lowest BCUT2D eigenvalue weighted by atomic mass is 9.94. The molecule has 0 amide bonds. The second kappa shape index (κ2) is 3.44. The molecule has 0 aromatic heterocycles. The van der Waals surface area contributed by atoms with Gasteiger partial charge in [-0.3, -0.25) is 0 Å². The van der Waals surface area contributed by atoms with E-state index < -0.39 is 24.2 Å². The quantitative estimate of drug-likeness (QED) is 0.604. The molecule has 0 N–H and O–H groups in total. The normalized spacial score (nSPS) is 15.6. The zero-order valence-corrected chi connectivity index (χ0v) is 6.37. The van der Waals surface area contributed by atoms with E-state index in [0.29, 0.717) is 6.92 Å². The molecule has 1 unspecified atom stereocenters. The van der Waals surface area contributed by atoms with Crippen LogP contribution in [0, 0.1) is 23.2 Å². The Balaban J connectivity index is 4.91. The highest BCUT2D eigenvalue weighted by Gasteiger charge is 2.59. The molecule has 0 radical (unpaired) electrons. The summed E-state index contributed by atoms with van der Waals surface area (Å²) in [6.07, 6.45) is -10.8. The molecule has 0 aliphatic rings. The standard InChI is InChI=1S/C6H5F6N/c1-3(2-13)4(5(7,8)9)6(10,11)12/h3-4H,1H3. The van der Waals surface area contributed by atoms with Crippen molar-refractivity contribution in [1.82, 2.24) is 0 Å². The number of halogens is 6. The van der Waals surface area contributed by atoms with Crippen LogP contribution in [0.5, 0.6) is 0 Å². The van der Waals surface area contributed by atoms with E-state index in [1.54, 1.807) is 0 Å². The van der Waals surface area contributed by atoms with Crippen LogP contribution in [-0.2, 0) is 0 Å². The lowest BCUT2D eigenvalue weighted by Crippen LogP contribution is -2.40. The zero-order chi connectivity index (χ0) is 10.9. The van der Waals surface area contributed by atoms with Crippen molar-refractivity contribution < 1.29 is 26.3 Å². The lowest BCUT2D eigenvalue weighted by Gasteiger charge is -2.24. The van der Waals surface area contributed by atoms with E-state index in [4.69, 9.17) is 5.26 Å². The Hall–Kier alpha value is -0.930. The highest BCUT2D eigenvalue weighted by atomic mass is 19.4. The van der Waals surface area contributed by atoms with Crippen molar-refractivity contribution in [1.29, 1.82) is 5.26 Å². The summed E-state index contributed by atoms with van der Waals surface area (Å²) in [6.45, 7) is 0.589. The fourth-order valence-corrected chi connectivity index (χ4v) is 0.827. The van der Waals surface area contributed by atoms with E-state index >= 15 is 0 Å². The largest absolute Gasteiger partial charge is 0.401 e. The molecular formula is C6H5F6N. The highest BCUT2D eigenvalue weighted by molar-refractivity contribution is 4.91. The Bertz CT molecular complexity index is 195. The van der Waals surface area contributed by atoms with E-state index in [1.165, 1.54) is 0 Å². The topological polar surface area (TPSA) is 23.8 Å². The van der Waals surface area contributed by atoms with Crippen LogP contribution >= 0.6 is 0 Å². The molecule has 0 saturated carbocycles. The summed E-state index contributed by atoms with van der Waals surface area (Å²) < 4.78 is 70.7. The van der Waals surface area contributed by atoms with Gasteiger partial charge in [0, 0.05) is 0 Å². The third-order valence-electron chi connectivity index (χ3n) is 1.41. The van der Waals surface area contributed by atoms with Crippen molar-refractivity contribution in [2.24, 2.45) is 11.8 Å². The van der Waals surface area contributed by atoms with Gasteiger partial charge in [0.05, 0.1) is 12.0 Å². The number of nitrogens with zero attached hydrogens (tertiary/aromatic N) is 1. The number of nitriles is 1. The maximum absolute atomic E-state index is 11.8. The first-order chi connectivity index (χ1) is 5.60. The van der Waals surface area contributed by atoms with E-state index in [9.17, 15) is 26.3 Å². The molecule has 0 rings (SSSR count). The fourth-order valence-electron chi connectivity index (χ4n) is 0.827. The summed E-state index contributed by atoms with van der Waals surface area (Å²) in [5.41, 5.74) is 0. The van der Waals surface area contributed by atoms with Gasteiger partial charge < -0.3 is 0 Å². The van der Waals surface area contributed by atoms with Gasteiger partial charge in [0.1, 0.15) is 0 Å². The molecule has 0 saturated heterocycles. The second-order valence-corrected chi connectivity index (χ2v) is 2.48. The van der Waals surface area contributed by atoms with Crippen LogP contribution in [0.15, 0.2) is 0 Å². The summed E-state index contributed by atoms with van der Waals surface area (Å²) in [6, 6.07) is 0.938. The first-order valence-electron chi connectivity index (χ1n) is 3.13. The molecule has 0 aliphatic carbocycles. The minimum Gasteiger partial charge on any atom is -0.198 e. The Labute approximate surface area is 69.9 Å². The SMILES string of the molecule is CC(C#N)C(C(F)(F)F)C(F)(F)F. The molecule has 13 heavy (non-hydrogen) atoms. The van der Waals surface area contributed by atoms with Crippen LogP contribution < -0.4 is 0 Å².